The minimum Gasteiger partial charge on any atom is -0.508 e. The lowest BCUT2D eigenvalue weighted by Gasteiger charge is -2.50. The van der Waals surface area contributed by atoms with Crippen molar-refractivity contribution in [1.82, 2.24) is 9.80 Å². The third kappa shape index (κ3) is 6.63. The van der Waals surface area contributed by atoms with Gasteiger partial charge in [0.25, 0.3) is 5.91 Å². The quantitative estimate of drug-likeness (QED) is 0.142. The number of ether oxygens (including phenoxy) is 2. The number of nitrogens with two attached hydrogens (primary N) is 1. The number of carbonyl (C=O) groups excluding carboxylic acids is 5. The van der Waals surface area contributed by atoms with Gasteiger partial charge in [-0.15, -0.1) is 0 Å². The van der Waals surface area contributed by atoms with Crippen molar-refractivity contribution < 1.29 is 53.9 Å². The number of rotatable bonds is 9. The number of hydrogen-bond acceptors (Lipinski definition) is 13. The second-order valence-corrected chi connectivity index (χ2v) is 15.2. The molecular weight excluding hydrogens is 652 g/mol. The Morgan fingerprint density at radius 3 is 2.20 bits per heavy atom. The van der Waals surface area contributed by atoms with E-state index in [1.165, 1.54) is 23.9 Å². The van der Waals surface area contributed by atoms with Gasteiger partial charge in [-0.2, -0.15) is 0 Å². The normalized spacial score (nSPS) is 23.4. The van der Waals surface area contributed by atoms with Crippen LogP contribution in [0.2, 0.25) is 0 Å². The molecular formula is C35H48N4O11. The number of hydrogen-bond donors (Lipinski definition) is 5. The Morgan fingerprint density at radius 2 is 1.68 bits per heavy atom. The monoisotopic (exact) mass is 700 g/mol. The number of likely N-dealkylation sites (N-methyl/N-ethyl adjacent to an activating group) is 1. The standard InChI is InChI=1S/C35H48N4O11/c1-16(2)32(46)49-15-50-33(47)39(14-34(3,4)5)13-18-12-21(37(6)7)19-10-17-11-20-25(38(8)9)28(42)24(31(36)45)30(44)35(20,48)29(43)22(17)27(41)23(19)26(18)40/h12,16-17,20,25,40-41,44,48H,10-11,13-15H2,1-9H3,(H2,36,45)/t17-,20-,25-,35-/m0/s1. The average molecular weight is 701 g/mol. The van der Waals surface area contributed by atoms with Gasteiger partial charge in [-0.3, -0.25) is 24.1 Å². The van der Waals surface area contributed by atoms with E-state index in [9.17, 15) is 44.4 Å². The van der Waals surface area contributed by atoms with Gasteiger partial charge in [-0.1, -0.05) is 34.6 Å². The zero-order valence-electron chi connectivity index (χ0n) is 30.0. The number of phenolic OH excluding ortho intramolecular Hbond substituents is 1. The maximum absolute atomic E-state index is 14.3. The lowest BCUT2D eigenvalue weighted by molar-refractivity contribution is -0.156. The molecule has 0 heterocycles. The van der Waals surface area contributed by atoms with E-state index in [0.29, 0.717) is 11.3 Å². The number of aliphatic hydroxyl groups excluding tert-OH is 2. The summed E-state index contributed by atoms with van der Waals surface area (Å²) < 4.78 is 10.2. The van der Waals surface area contributed by atoms with Crippen LogP contribution < -0.4 is 10.6 Å². The zero-order chi connectivity index (χ0) is 37.8. The van der Waals surface area contributed by atoms with Crippen molar-refractivity contribution in [2.24, 2.45) is 28.9 Å². The van der Waals surface area contributed by atoms with Crippen molar-refractivity contribution in [3.05, 3.63) is 39.7 Å². The van der Waals surface area contributed by atoms with Gasteiger partial charge in [-0.05, 0) is 49.9 Å². The third-order valence-corrected chi connectivity index (χ3v) is 9.40. The molecule has 274 valence electrons. The molecule has 0 saturated heterocycles. The summed E-state index contributed by atoms with van der Waals surface area (Å²) in [4.78, 5) is 69.6. The van der Waals surface area contributed by atoms with E-state index in [1.807, 2.05) is 20.8 Å². The Balaban J connectivity index is 1.84. The van der Waals surface area contributed by atoms with Gasteiger partial charge < -0.3 is 45.4 Å². The van der Waals surface area contributed by atoms with Gasteiger partial charge >= 0.3 is 12.1 Å². The molecule has 1 saturated carbocycles. The second kappa shape index (κ2) is 13.6. The molecule has 15 heteroatoms. The van der Waals surface area contributed by atoms with Crippen molar-refractivity contribution in [3.63, 3.8) is 0 Å². The molecule has 1 aromatic rings. The van der Waals surface area contributed by atoms with Crippen molar-refractivity contribution >= 4 is 41.0 Å². The SMILES string of the molecule is CC(C)C(=O)OCOC(=O)N(Cc1cc(N(C)C)c2c(c1O)C(O)=C1C(=O)[C@]3(O)C(O)=C(C(N)=O)C(=O)[C@@H](N(C)C)[C@@H]3C[C@@H]1C2)CC(C)(C)C. The summed E-state index contributed by atoms with van der Waals surface area (Å²) in [6.45, 7) is 8.27. The summed E-state index contributed by atoms with van der Waals surface area (Å²) >= 11 is 0. The van der Waals surface area contributed by atoms with E-state index in [-0.39, 0.29) is 42.6 Å². The van der Waals surface area contributed by atoms with Gasteiger partial charge in [-0.25, -0.2) is 4.79 Å². The Morgan fingerprint density at radius 1 is 1.06 bits per heavy atom. The van der Waals surface area contributed by atoms with Crippen LogP contribution in [0.25, 0.3) is 5.76 Å². The molecule has 3 aliphatic carbocycles. The van der Waals surface area contributed by atoms with Crippen LogP contribution in [0.4, 0.5) is 10.5 Å². The van der Waals surface area contributed by atoms with E-state index in [1.54, 1.807) is 38.9 Å². The lowest BCUT2D eigenvalue weighted by atomic mass is 9.57. The molecule has 1 fully saturated rings. The van der Waals surface area contributed by atoms with Crippen molar-refractivity contribution in [2.45, 2.75) is 65.6 Å². The first-order valence-electron chi connectivity index (χ1n) is 16.3. The number of ketones is 2. The molecule has 50 heavy (non-hydrogen) atoms. The highest BCUT2D eigenvalue weighted by atomic mass is 16.7. The number of carbonyl (C=O) groups is 5. The number of aliphatic hydroxyl groups is 3. The first-order chi connectivity index (χ1) is 23.0. The highest BCUT2D eigenvalue weighted by Gasteiger charge is 2.64. The fraction of sp³-hybridized carbons (Fsp3) is 0.571. The summed E-state index contributed by atoms with van der Waals surface area (Å²) in [5.41, 5.74) is 2.16. The fourth-order valence-electron chi connectivity index (χ4n) is 7.22. The predicted octanol–water partition coefficient (Wildman–Crippen LogP) is 2.17. The number of benzene rings is 1. The molecule has 0 spiro atoms. The molecule has 1 aromatic carbocycles. The van der Waals surface area contributed by atoms with Crippen LogP contribution in [0.3, 0.4) is 0 Å². The summed E-state index contributed by atoms with van der Waals surface area (Å²) in [5.74, 6) is -8.45. The van der Waals surface area contributed by atoms with Gasteiger partial charge in [0, 0.05) is 43.4 Å². The highest BCUT2D eigenvalue weighted by molar-refractivity contribution is 6.24. The summed E-state index contributed by atoms with van der Waals surface area (Å²) in [5, 5.41) is 46.6. The van der Waals surface area contributed by atoms with Crippen molar-refractivity contribution in [1.29, 1.82) is 0 Å². The van der Waals surface area contributed by atoms with Crippen LogP contribution in [0.1, 0.15) is 57.7 Å². The van der Waals surface area contributed by atoms with Gasteiger partial charge in [0.15, 0.2) is 11.4 Å². The molecule has 0 aromatic heterocycles. The number of nitrogens with zero attached hydrogens (tertiary/aromatic N) is 3. The molecule has 4 rings (SSSR count). The average Bonchev–Trinajstić information content (AvgIpc) is 2.98. The Kier molecular flexibility index (Phi) is 10.4. The van der Waals surface area contributed by atoms with E-state index in [2.05, 4.69) is 0 Å². The first kappa shape index (κ1) is 38.2. The summed E-state index contributed by atoms with van der Waals surface area (Å²) in [6.07, 6.45) is -0.772. The predicted molar refractivity (Wildman–Crippen MR) is 181 cm³/mol. The molecule has 3 aliphatic rings. The number of phenols is 1. The maximum atomic E-state index is 14.3. The van der Waals surface area contributed by atoms with E-state index >= 15 is 0 Å². The maximum Gasteiger partial charge on any atom is 0.412 e. The molecule has 0 unspecified atom stereocenters. The largest absolute Gasteiger partial charge is 0.508 e. The van der Waals surface area contributed by atoms with E-state index in [4.69, 9.17) is 15.2 Å². The molecule has 15 nitrogen and oxygen atoms in total. The number of Topliss-reactive ketones (excluding diaryl/α,β-unsaturated/α-hetero) is 2. The van der Waals surface area contributed by atoms with E-state index < -0.39 is 94.0 Å². The fourth-order valence-corrected chi connectivity index (χ4v) is 7.22. The summed E-state index contributed by atoms with van der Waals surface area (Å²) in [6, 6.07) is 0.467. The zero-order valence-corrected chi connectivity index (χ0v) is 30.0. The summed E-state index contributed by atoms with van der Waals surface area (Å²) in [7, 11) is 6.57. The van der Waals surface area contributed by atoms with Crippen LogP contribution in [0.15, 0.2) is 23.0 Å². The lowest BCUT2D eigenvalue weighted by Crippen LogP contribution is -2.65. The highest BCUT2D eigenvalue weighted by Crippen LogP contribution is 2.54. The number of anilines is 1. The Labute approximate surface area is 290 Å². The van der Waals surface area contributed by atoms with Crippen LogP contribution in [-0.4, -0.2) is 113 Å². The molecule has 2 amide bonds. The van der Waals surface area contributed by atoms with Crippen molar-refractivity contribution in [2.75, 3.05) is 46.4 Å². The van der Waals surface area contributed by atoms with Crippen LogP contribution in [0, 0.1) is 23.2 Å². The topological polar surface area (TPSA) is 220 Å². The molecule has 4 atom stereocenters. The van der Waals surface area contributed by atoms with E-state index in [0.717, 1.165) is 0 Å². The van der Waals surface area contributed by atoms with Gasteiger partial charge in [0.05, 0.1) is 24.1 Å². The van der Waals surface area contributed by atoms with Gasteiger partial charge in [0.2, 0.25) is 12.6 Å². The number of primary amides is 1. The Hall–Kier alpha value is -4.63. The Bertz CT molecular complexity index is 1690. The minimum absolute atomic E-state index is 0.0479. The number of fused-ring (bicyclic) bond motifs is 3. The third-order valence-electron chi connectivity index (χ3n) is 9.40. The number of aromatic hydroxyl groups is 1. The van der Waals surface area contributed by atoms with Crippen LogP contribution >= 0.6 is 0 Å². The first-order valence-corrected chi connectivity index (χ1v) is 16.3. The number of esters is 1. The minimum atomic E-state index is -2.77. The number of amides is 2. The van der Waals surface area contributed by atoms with Crippen LogP contribution in [0.5, 0.6) is 5.75 Å². The molecule has 0 aliphatic heterocycles. The molecule has 6 N–H and O–H groups in total. The molecule has 0 radical (unpaired) electrons. The second-order valence-electron chi connectivity index (χ2n) is 15.2. The van der Waals surface area contributed by atoms with Crippen LogP contribution in [-0.2, 0) is 41.6 Å². The van der Waals surface area contributed by atoms with Crippen molar-refractivity contribution in [3.8, 4) is 5.75 Å². The smallest absolute Gasteiger partial charge is 0.412 e. The molecule has 0 bridgehead atoms. The van der Waals surface area contributed by atoms with Gasteiger partial charge in [0.1, 0.15) is 22.8 Å².